The topological polar surface area (TPSA) is 50.6 Å². The first-order valence-corrected chi connectivity index (χ1v) is 7.91. The van der Waals surface area contributed by atoms with Gasteiger partial charge in [0.05, 0.1) is 7.11 Å². The zero-order valence-corrected chi connectivity index (χ0v) is 13.6. The molecule has 1 fully saturated rings. The Labute approximate surface area is 136 Å². The second-order valence-corrected chi connectivity index (χ2v) is 5.59. The van der Waals surface area contributed by atoms with E-state index in [-0.39, 0.29) is 5.91 Å². The number of ether oxygens (including phenoxy) is 1. The number of carbonyl (C=O) groups is 1. The molecule has 23 heavy (non-hydrogen) atoms. The Morgan fingerprint density at radius 3 is 2.48 bits per heavy atom. The van der Waals surface area contributed by atoms with Crippen molar-refractivity contribution in [1.82, 2.24) is 19.4 Å². The predicted molar refractivity (Wildman–Crippen MR) is 88.1 cm³/mol. The smallest absolute Gasteiger partial charge is 0.274 e. The molecule has 2 aromatic rings. The summed E-state index contributed by atoms with van der Waals surface area (Å²) in [6, 6.07) is 7.66. The molecule has 122 valence electrons. The van der Waals surface area contributed by atoms with Crippen LogP contribution in [0.4, 0.5) is 0 Å². The molecule has 6 heteroatoms. The molecule has 0 radical (unpaired) electrons. The fourth-order valence-corrected chi connectivity index (χ4v) is 2.76. The minimum atomic E-state index is 0.00742. The minimum absolute atomic E-state index is 0.00742. The number of methoxy groups -OCH3 is 1. The molecule has 1 aromatic carbocycles. The van der Waals surface area contributed by atoms with Crippen molar-refractivity contribution >= 4 is 5.91 Å². The Balaban J connectivity index is 1.69. The van der Waals surface area contributed by atoms with Crippen LogP contribution in [0.1, 0.15) is 17.4 Å². The summed E-state index contributed by atoms with van der Waals surface area (Å²) in [4.78, 5) is 21.1. The minimum Gasteiger partial charge on any atom is -0.497 e. The van der Waals surface area contributed by atoms with Gasteiger partial charge in [-0.1, -0.05) is 6.92 Å². The van der Waals surface area contributed by atoms with Crippen molar-refractivity contribution in [3.8, 4) is 11.4 Å². The highest BCUT2D eigenvalue weighted by atomic mass is 16.5. The normalized spacial score (nSPS) is 15.7. The Morgan fingerprint density at radius 2 is 1.87 bits per heavy atom. The molecule has 0 atom stereocenters. The summed E-state index contributed by atoms with van der Waals surface area (Å²) in [5, 5.41) is 0. The number of hydrogen-bond donors (Lipinski definition) is 0. The molecule has 0 unspecified atom stereocenters. The van der Waals surface area contributed by atoms with E-state index in [1.807, 2.05) is 33.7 Å². The highest BCUT2D eigenvalue weighted by Crippen LogP contribution is 2.16. The summed E-state index contributed by atoms with van der Waals surface area (Å²) >= 11 is 0. The van der Waals surface area contributed by atoms with Gasteiger partial charge in [-0.3, -0.25) is 4.79 Å². The van der Waals surface area contributed by atoms with Gasteiger partial charge in [-0.15, -0.1) is 0 Å². The number of rotatable bonds is 4. The number of aromatic nitrogens is 2. The highest BCUT2D eigenvalue weighted by Gasteiger charge is 2.22. The number of imidazole rings is 1. The summed E-state index contributed by atoms with van der Waals surface area (Å²) < 4.78 is 7.01. The Bertz CT molecular complexity index is 657. The van der Waals surface area contributed by atoms with Crippen molar-refractivity contribution in [3.63, 3.8) is 0 Å². The monoisotopic (exact) mass is 314 g/mol. The van der Waals surface area contributed by atoms with Crippen LogP contribution in [0, 0.1) is 0 Å². The van der Waals surface area contributed by atoms with Crippen LogP contribution < -0.4 is 4.74 Å². The van der Waals surface area contributed by atoms with Crippen LogP contribution in [0.15, 0.2) is 36.8 Å². The summed E-state index contributed by atoms with van der Waals surface area (Å²) in [5.41, 5.74) is 1.44. The van der Waals surface area contributed by atoms with Crippen molar-refractivity contribution in [2.45, 2.75) is 6.92 Å². The summed E-state index contributed by atoms with van der Waals surface area (Å²) in [5.74, 6) is 0.812. The average Bonchev–Trinajstić information content (AvgIpc) is 3.11. The molecule has 0 N–H and O–H groups in total. The van der Waals surface area contributed by atoms with Gasteiger partial charge in [0, 0.05) is 38.1 Å². The van der Waals surface area contributed by atoms with Crippen molar-refractivity contribution in [1.29, 1.82) is 0 Å². The van der Waals surface area contributed by atoms with Crippen LogP contribution in [0.5, 0.6) is 5.75 Å². The maximum Gasteiger partial charge on any atom is 0.274 e. The van der Waals surface area contributed by atoms with Crippen LogP contribution in [0.2, 0.25) is 0 Å². The van der Waals surface area contributed by atoms with Crippen LogP contribution in [0.3, 0.4) is 0 Å². The molecule has 2 heterocycles. The van der Waals surface area contributed by atoms with Crippen LogP contribution in [-0.2, 0) is 0 Å². The van der Waals surface area contributed by atoms with E-state index in [0.717, 1.165) is 44.2 Å². The maximum absolute atomic E-state index is 12.6. The van der Waals surface area contributed by atoms with Gasteiger partial charge in [-0.2, -0.15) is 0 Å². The third-order valence-electron chi connectivity index (χ3n) is 4.28. The second kappa shape index (κ2) is 6.83. The summed E-state index contributed by atoms with van der Waals surface area (Å²) in [6.07, 6.45) is 3.47. The van der Waals surface area contributed by atoms with Crippen LogP contribution in [-0.4, -0.2) is 65.1 Å². The first-order valence-electron chi connectivity index (χ1n) is 7.91. The number of carbonyl (C=O) groups excluding carboxylic acids is 1. The number of amides is 1. The van der Waals surface area contributed by atoms with E-state index in [4.69, 9.17) is 4.74 Å². The van der Waals surface area contributed by atoms with E-state index in [1.165, 1.54) is 0 Å². The first-order chi connectivity index (χ1) is 11.2. The Morgan fingerprint density at radius 1 is 1.17 bits per heavy atom. The van der Waals surface area contributed by atoms with Crippen LogP contribution >= 0.6 is 0 Å². The molecule has 1 saturated heterocycles. The molecule has 1 aliphatic heterocycles. The van der Waals surface area contributed by atoms with Crippen molar-refractivity contribution < 1.29 is 9.53 Å². The Hall–Kier alpha value is -2.34. The fourth-order valence-electron chi connectivity index (χ4n) is 2.76. The van der Waals surface area contributed by atoms with Crippen LogP contribution in [0.25, 0.3) is 5.69 Å². The van der Waals surface area contributed by atoms with Crippen molar-refractivity contribution in [2.24, 2.45) is 0 Å². The third kappa shape index (κ3) is 3.37. The maximum atomic E-state index is 12.6. The van der Waals surface area contributed by atoms with Gasteiger partial charge in [0.1, 0.15) is 17.8 Å². The van der Waals surface area contributed by atoms with E-state index < -0.39 is 0 Å². The molecular weight excluding hydrogens is 292 g/mol. The van der Waals surface area contributed by atoms with Gasteiger partial charge in [-0.05, 0) is 30.8 Å². The van der Waals surface area contributed by atoms with Crippen molar-refractivity contribution in [2.75, 3.05) is 39.8 Å². The third-order valence-corrected chi connectivity index (χ3v) is 4.28. The number of benzene rings is 1. The molecule has 0 saturated carbocycles. The lowest BCUT2D eigenvalue weighted by atomic mass is 10.3. The Kier molecular flexibility index (Phi) is 4.62. The number of nitrogens with zero attached hydrogens (tertiary/aromatic N) is 4. The molecule has 0 aliphatic carbocycles. The zero-order chi connectivity index (χ0) is 16.2. The lowest BCUT2D eigenvalue weighted by Gasteiger charge is -2.33. The molecule has 0 bridgehead atoms. The molecular formula is C17H22N4O2. The molecule has 1 aliphatic rings. The van der Waals surface area contributed by atoms with E-state index in [1.54, 1.807) is 19.6 Å². The van der Waals surface area contributed by atoms with Crippen molar-refractivity contribution in [3.05, 3.63) is 42.5 Å². The highest BCUT2D eigenvalue weighted by molar-refractivity contribution is 5.92. The lowest BCUT2D eigenvalue weighted by molar-refractivity contribution is 0.0638. The van der Waals surface area contributed by atoms with Gasteiger partial charge in [-0.25, -0.2) is 4.98 Å². The van der Waals surface area contributed by atoms with Gasteiger partial charge < -0.3 is 19.1 Å². The first kappa shape index (κ1) is 15.6. The van der Waals surface area contributed by atoms with E-state index in [9.17, 15) is 4.79 Å². The summed E-state index contributed by atoms with van der Waals surface area (Å²) in [7, 11) is 1.64. The molecule has 1 aromatic heterocycles. The fraction of sp³-hybridized carbons (Fsp3) is 0.412. The zero-order valence-electron chi connectivity index (χ0n) is 13.6. The predicted octanol–water partition coefficient (Wildman–Crippen LogP) is 1.66. The van der Waals surface area contributed by atoms with Gasteiger partial charge in [0.15, 0.2) is 0 Å². The summed E-state index contributed by atoms with van der Waals surface area (Å²) in [6.45, 7) is 6.58. The lowest BCUT2D eigenvalue weighted by Crippen LogP contribution is -2.48. The molecule has 0 spiro atoms. The molecule has 1 amide bonds. The van der Waals surface area contributed by atoms with E-state index >= 15 is 0 Å². The quantitative estimate of drug-likeness (QED) is 0.861. The molecule has 3 rings (SSSR count). The largest absolute Gasteiger partial charge is 0.497 e. The van der Waals surface area contributed by atoms with Gasteiger partial charge in [0.25, 0.3) is 5.91 Å². The van der Waals surface area contributed by atoms with E-state index in [2.05, 4.69) is 16.8 Å². The standard InChI is InChI=1S/C17H22N4O2/c1-3-19-8-10-20(11-9-19)17(22)16-12-21(13-18-16)14-4-6-15(23-2)7-5-14/h4-7,12-13H,3,8-11H2,1-2H3. The second-order valence-electron chi connectivity index (χ2n) is 5.59. The van der Waals surface area contributed by atoms with Gasteiger partial charge >= 0.3 is 0 Å². The number of piperazine rings is 1. The molecule has 6 nitrogen and oxygen atoms in total. The SMILES string of the molecule is CCN1CCN(C(=O)c2cn(-c3ccc(OC)cc3)cn2)CC1. The number of likely N-dealkylation sites (N-methyl/N-ethyl adjacent to an activating group) is 1. The average molecular weight is 314 g/mol. The van der Waals surface area contributed by atoms with E-state index in [0.29, 0.717) is 5.69 Å². The van der Waals surface area contributed by atoms with Gasteiger partial charge in [0.2, 0.25) is 0 Å². The number of hydrogen-bond acceptors (Lipinski definition) is 4.